The van der Waals surface area contributed by atoms with Gasteiger partial charge >= 0.3 is 6.18 Å². The zero-order valence-corrected chi connectivity index (χ0v) is 10.9. The van der Waals surface area contributed by atoms with Crippen molar-refractivity contribution in [3.8, 4) is 5.88 Å². The van der Waals surface area contributed by atoms with Gasteiger partial charge in [-0.1, -0.05) is 12.2 Å². The first kappa shape index (κ1) is 14.0. The maximum Gasteiger partial charge on any atom is 0.392 e. The number of halogens is 3. The summed E-state index contributed by atoms with van der Waals surface area (Å²) in [5.74, 6) is 0.109. The Bertz CT molecular complexity index is 502. The molecule has 0 atom stereocenters. The highest BCUT2D eigenvalue weighted by Gasteiger charge is 2.27. The van der Waals surface area contributed by atoms with Crippen LogP contribution in [0.4, 0.5) is 13.2 Å². The molecule has 0 fully saturated rings. The summed E-state index contributed by atoms with van der Waals surface area (Å²) >= 11 is 4.88. The zero-order chi connectivity index (χ0) is 14.0. The number of hydrogen-bond donors (Lipinski definition) is 1. The van der Waals surface area contributed by atoms with E-state index in [1.165, 1.54) is 0 Å². The largest absolute Gasteiger partial charge is 0.477 e. The second-order valence-electron chi connectivity index (χ2n) is 4.38. The van der Waals surface area contributed by atoms with E-state index in [9.17, 15) is 13.2 Å². The molecule has 3 nitrogen and oxygen atoms in total. The predicted molar refractivity (Wildman–Crippen MR) is 68.3 cm³/mol. The van der Waals surface area contributed by atoms with Crippen LogP contribution in [-0.2, 0) is 12.8 Å². The highest BCUT2D eigenvalue weighted by Crippen LogP contribution is 2.27. The number of alkyl halides is 3. The molecule has 0 aromatic carbocycles. The smallest absolute Gasteiger partial charge is 0.392 e. The Morgan fingerprint density at radius 1 is 1.42 bits per heavy atom. The average molecular weight is 290 g/mol. The van der Waals surface area contributed by atoms with Gasteiger partial charge in [-0.2, -0.15) is 13.2 Å². The van der Waals surface area contributed by atoms with Gasteiger partial charge in [0, 0.05) is 5.69 Å². The first-order valence-corrected chi connectivity index (χ1v) is 6.30. The maximum atomic E-state index is 12.1. The van der Waals surface area contributed by atoms with Crippen LogP contribution in [0.5, 0.6) is 5.88 Å². The number of thiocarbonyl (C=S) groups is 1. The summed E-state index contributed by atoms with van der Waals surface area (Å²) in [4.78, 5) is 4.32. The van der Waals surface area contributed by atoms with E-state index in [-0.39, 0.29) is 10.9 Å². The molecule has 0 saturated heterocycles. The molecule has 1 aromatic rings. The van der Waals surface area contributed by atoms with Gasteiger partial charge in [-0.3, -0.25) is 0 Å². The monoisotopic (exact) mass is 290 g/mol. The Hall–Kier alpha value is -1.37. The van der Waals surface area contributed by atoms with Crippen molar-refractivity contribution in [1.82, 2.24) is 4.98 Å². The summed E-state index contributed by atoms with van der Waals surface area (Å²) < 4.78 is 41.4. The van der Waals surface area contributed by atoms with Gasteiger partial charge in [-0.15, -0.1) is 0 Å². The molecule has 104 valence electrons. The van der Waals surface area contributed by atoms with E-state index in [2.05, 4.69) is 4.98 Å². The molecule has 0 unspecified atom stereocenters. The summed E-state index contributed by atoms with van der Waals surface area (Å²) in [7, 11) is 0. The molecule has 1 heterocycles. The highest BCUT2D eigenvalue weighted by molar-refractivity contribution is 7.80. The van der Waals surface area contributed by atoms with Crippen molar-refractivity contribution in [2.75, 3.05) is 6.61 Å². The number of nitrogens with two attached hydrogens (primary N) is 1. The Morgan fingerprint density at radius 3 is 2.79 bits per heavy atom. The van der Waals surface area contributed by atoms with Crippen LogP contribution in [0.15, 0.2) is 6.07 Å². The standard InChI is InChI=1S/C12H13F3N2OS/c13-12(14,15)4-5-18-11-8(10(16)19)6-7-2-1-3-9(7)17-11/h6H,1-5H2,(H2,16,19). The Kier molecular flexibility index (Phi) is 3.93. The van der Waals surface area contributed by atoms with E-state index >= 15 is 0 Å². The fraction of sp³-hybridized carbons (Fsp3) is 0.500. The van der Waals surface area contributed by atoms with E-state index in [1.807, 2.05) is 0 Å². The van der Waals surface area contributed by atoms with Gasteiger partial charge in [0.2, 0.25) is 5.88 Å². The number of aryl methyl sites for hydroxylation is 2. The van der Waals surface area contributed by atoms with E-state index in [4.69, 9.17) is 22.7 Å². The molecule has 2 N–H and O–H groups in total. The van der Waals surface area contributed by atoms with Crippen molar-refractivity contribution in [1.29, 1.82) is 0 Å². The van der Waals surface area contributed by atoms with Crippen LogP contribution >= 0.6 is 12.2 Å². The van der Waals surface area contributed by atoms with Crippen LogP contribution in [0.2, 0.25) is 0 Å². The molecule has 7 heteroatoms. The summed E-state index contributed by atoms with van der Waals surface area (Å²) in [6.45, 7) is -0.481. The lowest BCUT2D eigenvalue weighted by molar-refractivity contribution is -0.139. The summed E-state index contributed by atoms with van der Waals surface area (Å²) in [5.41, 5.74) is 7.88. The summed E-state index contributed by atoms with van der Waals surface area (Å²) in [5, 5.41) is 0. The molecule has 1 aliphatic carbocycles. The maximum absolute atomic E-state index is 12.1. The van der Waals surface area contributed by atoms with Gasteiger partial charge in [0.25, 0.3) is 0 Å². The molecule has 19 heavy (non-hydrogen) atoms. The fourth-order valence-corrected chi connectivity index (χ4v) is 2.15. The van der Waals surface area contributed by atoms with Crippen LogP contribution in [0.3, 0.4) is 0 Å². The second-order valence-corrected chi connectivity index (χ2v) is 4.82. The van der Waals surface area contributed by atoms with Gasteiger partial charge in [-0.05, 0) is 30.9 Å². The van der Waals surface area contributed by atoms with E-state index in [0.29, 0.717) is 5.56 Å². The lowest BCUT2D eigenvalue weighted by Gasteiger charge is -2.12. The van der Waals surface area contributed by atoms with E-state index in [1.54, 1.807) is 6.07 Å². The minimum Gasteiger partial charge on any atom is -0.477 e. The van der Waals surface area contributed by atoms with Gasteiger partial charge in [0.1, 0.15) is 4.99 Å². The summed E-state index contributed by atoms with van der Waals surface area (Å²) in [6.07, 6.45) is -2.60. The molecule has 1 aliphatic rings. The minimum absolute atomic E-state index is 0.0872. The van der Waals surface area contributed by atoms with Crippen molar-refractivity contribution in [3.63, 3.8) is 0 Å². The van der Waals surface area contributed by atoms with Gasteiger partial charge in [-0.25, -0.2) is 4.98 Å². The third-order valence-corrected chi connectivity index (χ3v) is 3.13. The molecule has 0 bridgehead atoms. The van der Waals surface area contributed by atoms with E-state index in [0.717, 1.165) is 30.5 Å². The number of nitrogens with zero attached hydrogens (tertiary/aromatic N) is 1. The lowest BCUT2D eigenvalue weighted by atomic mass is 10.1. The molecule has 0 saturated carbocycles. The number of rotatable bonds is 4. The molecule has 0 amide bonds. The van der Waals surface area contributed by atoms with Crippen LogP contribution in [-0.4, -0.2) is 22.8 Å². The molecule has 0 aliphatic heterocycles. The van der Waals surface area contributed by atoms with Crippen LogP contribution in [0.25, 0.3) is 0 Å². The van der Waals surface area contributed by atoms with E-state index < -0.39 is 19.2 Å². The summed E-state index contributed by atoms with van der Waals surface area (Å²) in [6, 6.07) is 1.78. The Morgan fingerprint density at radius 2 is 2.16 bits per heavy atom. The SMILES string of the molecule is NC(=S)c1cc2c(nc1OCCC(F)(F)F)CCC2. The van der Waals surface area contributed by atoms with Gasteiger partial charge < -0.3 is 10.5 Å². The third-order valence-electron chi connectivity index (χ3n) is 2.91. The van der Waals surface area contributed by atoms with Crippen molar-refractivity contribution in [2.24, 2.45) is 5.73 Å². The number of ether oxygens (including phenoxy) is 1. The molecule has 0 spiro atoms. The number of hydrogen-bond acceptors (Lipinski definition) is 3. The van der Waals surface area contributed by atoms with Crippen molar-refractivity contribution in [2.45, 2.75) is 31.9 Å². The first-order valence-electron chi connectivity index (χ1n) is 5.89. The Balaban J connectivity index is 2.16. The normalized spacial score (nSPS) is 14.3. The minimum atomic E-state index is -4.25. The first-order chi connectivity index (χ1) is 8.87. The zero-order valence-electron chi connectivity index (χ0n) is 10.1. The number of fused-ring (bicyclic) bond motifs is 1. The van der Waals surface area contributed by atoms with Crippen molar-refractivity contribution in [3.05, 3.63) is 22.9 Å². The van der Waals surface area contributed by atoms with Crippen molar-refractivity contribution >= 4 is 17.2 Å². The van der Waals surface area contributed by atoms with Gasteiger partial charge in [0.05, 0.1) is 18.6 Å². The molecule has 2 rings (SSSR count). The fourth-order valence-electron chi connectivity index (χ4n) is 2.00. The number of pyridine rings is 1. The lowest BCUT2D eigenvalue weighted by Crippen LogP contribution is -2.17. The van der Waals surface area contributed by atoms with Crippen LogP contribution < -0.4 is 10.5 Å². The predicted octanol–water partition coefficient (Wildman–Crippen LogP) is 2.54. The average Bonchev–Trinajstić information content (AvgIpc) is 2.72. The van der Waals surface area contributed by atoms with Crippen LogP contribution in [0.1, 0.15) is 29.7 Å². The second kappa shape index (κ2) is 5.32. The van der Waals surface area contributed by atoms with Crippen molar-refractivity contribution < 1.29 is 17.9 Å². The highest BCUT2D eigenvalue weighted by atomic mass is 32.1. The molecule has 1 aromatic heterocycles. The van der Waals surface area contributed by atoms with Gasteiger partial charge in [0.15, 0.2) is 0 Å². The third kappa shape index (κ3) is 3.56. The molecule has 0 radical (unpaired) electrons. The van der Waals surface area contributed by atoms with Crippen LogP contribution in [0, 0.1) is 0 Å². The molecular formula is C12H13F3N2OS. The molecular weight excluding hydrogens is 277 g/mol. The topological polar surface area (TPSA) is 48.1 Å². The number of aromatic nitrogens is 1. The Labute approximate surface area is 114 Å². The quantitative estimate of drug-likeness (QED) is 0.866.